The highest BCUT2D eigenvalue weighted by Gasteiger charge is 2.14. The zero-order chi connectivity index (χ0) is 18.0. The number of aryl methyl sites for hydroxylation is 1. The predicted molar refractivity (Wildman–Crippen MR) is 104 cm³/mol. The quantitative estimate of drug-likeness (QED) is 0.574. The lowest BCUT2D eigenvalue weighted by Crippen LogP contribution is -2.23. The third kappa shape index (κ3) is 3.18. The summed E-state index contributed by atoms with van der Waals surface area (Å²) in [4.78, 5) is 17.8. The van der Waals surface area contributed by atoms with Crippen LogP contribution in [0, 0.1) is 13.8 Å². The minimum atomic E-state index is -0.105. The van der Waals surface area contributed by atoms with Crippen LogP contribution in [0.25, 0.3) is 16.6 Å². The van der Waals surface area contributed by atoms with Crippen LogP contribution in [0.4, 0.5) is 5.95 Å². The average Bonchev–Trinajstić information content (AvgIpc) is 2.62. The number of anilines is 1. The number of para-hydroxylation sites is 1. The molecule has 128 valence electrons. The summed E-state index contributed by atoms with van der Waals surface area (Å²) in [5, 5.41) is 4.93. The zero-order valence-electron chi connectivity index (χ0n) is 15.0. The highest BCUT2D eigenvalue weighted by Crippen LogP contribution is 2.21. The fourth-order valence-electron chi connectivity index (χ4n) is 2.63. The molecule has 0 fully saturated rings. The lowest BCUT2D eigenvalue weighted by molar-refractivity contribution is 0.941. The van der Waals surface area contributed by atoms with Crippen LogP contribution in [0.5, 0.6) is 0 Å². The van der Waals surface area contributed by atoms with Crippen LogP contribution in [-0.2, 0) is 0 Å². The molecule has 5 heteroatoms. The molecule has 0 atom stereocenters. The van der Waals surface area contributed by atoms with Crippen LogP contribution in [-0.4, -0.2) is 15.3 Å². The van der Waals surface area contributed by atoms with Crippen LogP contribution < -0.4 is 11.0 Å². The second-order valence-corrected chi connectivity index (χ2v) is 6.12. The van der Waals surface area contributed by atoms with E-state index in [1.807, 2.05) is 64.1 Å². The van der Waals surface area contributed by atoms with E-state index in [2.05, 4.69) is 15.5 Å². The van der Waals surface area contributed by atoms with Gasteiger partial charge in [0.25, 0.3) is 5.56 Å². The van der Waals surface area contributed by atoms with Gasteiger partial charge in [0.05, 0.1) is 16.6 Å². The molecule has 0 aliphatic heterocycles. The Balaban J connectivity index is 2.32. The Bertz CT molecular complexity index is 1020. The Morgan fingerprint density at radius 2 is 1.92 bits per heavy atom. The van der Waals surface area contributed by atoms with Gasteiger partial charge in [-0.05, 0) is 56.5 Å². The molecule has 2 aromatic carbocycles. The summed E-state index contributed by atoms with van der Waals surface area (Å²) in [7, 11) is 0. The molecule has 5 nitrogen and oxygen atoms in total. The molecule has 1 N–H and O–H groups in total. The summed E-state index contributed by atoms with van der Waals surface area (Å²) in [6.45, 7) is 8.02. The number of fused-ring (bicyclic) bond motifs is 1. The molecule has 3 rings (SSSR count). The lowest BCUT2D eigenvalue weighted by atomic mass is 10.1. The van der Waals surface area contributed by atoms with Crippen molar-refractivity contribution < 1.29 is 0 Å². The number of aromatic nitrogens is 2. The molecule has 1 aromatic heterocycles. The molecule has 0 radical (unpaired) electrons. The maximum absolute atomic E-state index is 13.2. The van der Waals surface area contributed by atoms with Crippen LogP contribution in [0.2, 0.25) is 0 Å². The van der Waals surface area contributed by atoms with Crippen molar-refractivity contribution in [3.63, 3.8) is 0 Å². The second kappa shape index (κ2) is 6.89. The van der Waals surface area contributed by atoms with E-state index < -0.39 is 0 Å². The summed E-state index contributed by atoms with van der Waals surface area (Å²) >= 11 is 0. The second-order valence-electron chi connectivity index (χ2n) is 6.12. The number of hydrogen-bond acceptors (Lipinski definition) is 4. The zero-order valence-corrected chi connectivity index (χ0v) is 15.0. The van der Waals surface area contributed by atoms with Gasteiger partial charge in [0.2, 0.25) is 5.95 Å². The first-order valence-electron chi connectivity index (χ1n) is 8.40. The van der Waals surface area contributed by atoms with Gasteiger partial charge in [-0.1, -0.05) is 31.2 Å². The Kier molecular flexibility index (Phi) is 4.65. The van der Waals surface area contributed by atoms with Gasteiger partial charge in [0.1, 0.15) is 0 Å². The summed E-state index contributed by atoms with van der Waals surface area (Å²) in [5.41, 5.74) is 7.45. The third-order valence-corrected chi connectivity index (χ3v) is 4.45. The number of hydrazone groups is 1. The number of rotatable bonds is 4. The molecule has 25 heavy (non-hydrogen) atoms. The predicted octanol–water partition coefficient (Wildman–Crippen LogP) is 4.20. The topological polar surface area (TPSA) is 59.3 Å². The first kappa shape index (κ1) is 16.9. The molecule has 3 aromatic rings. The molecule has 0 amide bonds. The van der Waals surface area contributed by atoms with Crippen molar-refractivity contribution >= 4 is 22.6 Å². The first-order chi connectivity index (χ1) is 12.0. The molecule has 0 aliphatic carbocycles. The fraction of sp³-hybridized carbons (Fsp3) is 0.250. The van der Waals surface area contributed by atoms with Crippen molar-refractivity contribution in [1.29, 1.82) is 0 Å². The van der Waals surface area contributed by atoms with Gasteiger partial charge < -0.3 is 0 Å². The minimum Gasteiger partial charge on any atom is -0.268 e. The maximum Gasteiger partial charge on any atom is 0.267 e. The fourth-order valence-corrected chi connectivity index (χ4v) is 2.63. The lowest BCUT2D eigenvalue weighted by Gasteiger charge is -2.16. The summed E-state index contributed by atoms with van der Waals surface area (Å²) in [6, 6.07) is 13.3. The van der Waals surface area contributed by atoms with Gasteiger partial charge in [-0.3, -0.25) is 4.79 Å². The molecule has 0 spiro atoms. The van der Waals surface area contributed by atoms with E-state index in [0.29, 0.717) is 16.9 Å². The van der Waals surface area contributed by atoms with Gasteiger partial charge in [-0.15, -0.1) is 0 Å². The minimum absolute atomic E-state index is 0.105. The molecular formula is C20H22N4O. The van der Waals surface area contributed by atoms with Crippen molar-refractivity contribution in [3.8, 4) is 5.69 Å². The number of nitrogens with one attached hydrogen (secondary N) is 1. The van der Waals surface area contributed by atoms with E-state index in [1.165, 1.54) is 0 Å². The van der Waals surface area contributed by atoms with E-state index in [1.54, 1.807) is 10.6 Å². The SMILES string of the molecule is CC/C(C)=N\Nc1nc2ccccc2c(=O)n1-c1cccc(C)c1C. The Hall–Kier alpha value is -2.95. The van der Waals surface area contributed by atoms with E-state index in [4.69, 9.17) is 0 Å². The van der Waals surface area contributed by atoms with Gasteiger partial charge in [-0.25, -0.2) is 15.0 Å². The first-order valence-corrected chi connectivity index (χ1v) is 8.40. The standard InChI is InChI=1S/C20H22N4O/c1-5-14(3)22-23-20-21-17-11-7-6-10-16(17)19(25)24(20)18-12-8-9-13(2)15(18)4/h6-12H,5H2,1-4H3,(H,21,23)/b22-14-. The van der Waals surface area contributed by atoms with Gasteiger partial charge >= 0.3 is 0 Å². The Morgan fingerprint density at radius 1 is 1.16 bits per heavy atom. The van der Waals surface area contributed by atoms with Crippen molar-refractivity contribution in [1.82, 2.24) is 9.55 Å². The van der Waals surface area contributed by atoms with Crippen molar-refractivity contribution in [2.45, 2.75) is 34.1 Å². The molecule has 1 heterocycles. The monoisotopic (exact) mass is 334 g/mol. The summed E-state index contributed by atoms with van der Waals surface area (Å²) < 4.78 is 1.61. The van der Waals surface area contributed by atoms with Crippen LogP contribution in [0.1, 0.15) is 31.4 Å². The van der Waals surface area contributed by atoms with Crippen LogP contribution in [0.3, 0.4) is 0 Å². The molecule has 0 bridgehead atoms. The molecular weight excluding hydrogens is 312 g/mol. The van der Waals surface area contributed by atoms with E-state index in [-0.39, 0.29) is 5.56 Å². The highest BCUT2D eigenvalue weighted by molar-refractivity contribution is 5.83. The molecule has 0 aliphatic rings. The van der Waals surface area contributed by atoms with E-state index >= 15 is 0 Å². The van der Waals surface area contributed by atoms with E-state index in [9.17, 15) is 4.79 Å². The van der Waals surface area contributed by atoms with Crippen molar-refractivity contribution in [2.24, 2.45) is 5.10 Å². The smallest absolute Gasteiger partial charge is 0.267 e. The van der Waals surface area contributed by atoms with E-state index in [0.717, 1.165) is 28.9 Å². The summed E-state index contributed by atoms with van der Waals surface area (Å²) in [5.74, 6) is 0.421. The number of hydrogen-bond donors (Lipinski definition) is 1. The van der Waals surface area contributed by atoms with Crippen molar-refractivity contribution in [3.05, 3.63) is 63.9 Å². The number of nitrogens with zero attached hydrogens (tertiary/aromatic N) is 3. The maximum atomic E-state index is 13.2. The molecule has 0 saturated carbocycles. The largest absolute Gasteiger partial charge is 0.268 e. The van der Waals surface area contributed by atoms with Gasteiger partial charge in [-0.2, -0.15) is 5.10 Å². The van der Waals surface area contributed by atoms with Crippen molar-refractivity contribution in [2.75, 3.05) is 5.43 Å². The summed E-state index contributed by atoms with van der Waals surface area (Å²) in [6.07, 6.45) is 0.828. The van der Waals surface area contributed by atoms with Crippen LogP contribution >= 0.6 is 0 Å². The average molecular weight is 334 g/mol. The third-order valence-electron chi connectivity index (χ3n) is 4.45. The molecule has 0 saturated heterocycles. The Labute approximate surface area is 147 Å². The number of benzene rings is 2. The Morgan fingerprint density at radius 3 is 2.68 bits per heavy atom. The van der Waals surface area contributed by atoms with Gasteiger partial charge in [0.15, 0.2) is 0 Å². The molecule has 0 unspecified atom stereocenters. The normalized spacial score (nSPS) is 11.8. The van der Waals surface area contributed by atoms with Crippen LogP contribution in [0.15, 0.2) is 52.4 Å². The van der Waals surface area contributed by atoms with Gasteiger partial charge in [0, 0.05) is 5.71 Å². The highest BCUT2D eigenvalue weighted by atomic mass is 16.1.